The van der Waals surface area contributed by atoms with Crippen molar-refractivity contribution in [2.24, 2.45) is 0 Å². The summed E-state index contributed by atoms with van der Waals surface area (Å²) in [4.78, 5) is 28.6. The van der Waals surface area contributed by atoms with E-state index in [4.69, 9.17) is 20.8 Å². The van der Waals surface area contributed by atoms with E-state index in [9.17, 15) is 9.59 Å². The predicted octanol–water partition coefficient (Wildman–Crippen LogP) is 5.01. The van der Waals surface area contributed by atoms with Gasteiger partial charge in [0.05, 0.1) is 24.1 Å². The van der Waals surface area contributed by atoms with Gasteiger partial charge in [-0.15, -0.1) is 10.2 Å². The molecule has 2 aromatic heterocycles. The topological polar surface area (TPSA) is 85.5 Å². The van der Waals surface area contributed by atoms with Crippen molar-refractivity contribution in [3.8, 4) is 5.75 Å². The zero-order valence-corrected chi connectivity index (χ0v) is 18.9. The highest BCUT2D eigenvalue weighted by molar-refractivity contribution is 7.15. The van der Waals surface area contributed by atoms with Crippen molar-refractivity contribution in [1.82, 2.24) is 10.2 Å². The van der Waals surface area contributed by atoms with Gasteiger partial charge in [-0.25, -0.2) is 0 Å². The maximum atomic E-state index is 13.6. The zero-order chi connectivity index (χ0) is 22.4. The van der Waals surface area contributed by atoms with Crippen molar-refractivity contribution < 1.29 is 13.9 Å². The van der Waals surface area contributed by atoms with Crippen molar-refractivity contribution >= 4 is 44.9 Å². The number of ether oxygens (including phenoxy) is 1. The Hall–Kier alpha value is -3.23. The van der Waals surface area contributed by atoms with Crippen LogP contribution in [-0.4, -0.2) is 23.2 Å². The van der Waals surface area contributed by atoms with Crippen LogP contribution in [-0.2, 0) is 6.42 Å². The second-order valence-electron chi connectivity index (χ2n) is 7.40. The lowest BCUT2D eigenvalue weighted by atomic mass is 9.98. The van der Waals surface area contributed by atoms with Crippen LogP contribution in [0.1, 0.15) is 46.1 Å². The number of fused-ring (bicyclic) bond motifs is 2. The first-order valence-electron chi connectivity index (χ1n) is 10.1. The smallest absolute Gasteiger partial charge is 0.297 e. The summed E-state index contributed by atoms with van der Waals surface area (Å²) >= 11 is 7.47. The summed E-state index contributed by atoms with van der Waals surface area (Å²) in [6.45, 7) is 2.05. The molecule has 0 unspecified atom stereocenters. The number of aromatic nitrogens is 2. The van der Waals surface area contributed by atoms with Crippen LogP contribution in [0.4, 0.5) is 5.13 Å². The molecular formula is C23H18ClN3O4S. The van der Waals surface area contributed by atoms with Crippen molar-refractivity contribution in [2.45, 2.75) is 25.8 Å². The fourth-order valence-corrected chi connectivity index (χ4v) is 5.07. The Balaban J connectivity index is 1.77. The molecule has 5 rings (SSSR count). The van der Waals surface area contributed by atoms with Gasteiger partial charge < -0.3 is 9.15 Å². The molecule has 0 spiro atoms. The van der Waals surface area contributed by atoms with Gasteiger partial charge in [-0.05, 0) is 42.3 Å². The molecule has 4 aromatic rings. The van der Waals surface area contributed by atoms with Gasteiger partial charge in [0.2, 0.25) is 10.9 Å². The molecule has 0 saturated heterocycles. The molecule has 0 bridgehead atoms. The maximum absolute atomic E-state index is 13.6. The Morgan fingerprint density at radius 3 is 2.81 bits per heavy atom. The summed E-state index contributed by atoms with van der Waals surface area (Å²) in [6, 6.07) is 11.3. The van der Waals surface area contributed by atoms with E-state index < -0.39 is 11.9 Å². The highest BCUT2D eigenvalue weighted by Gasteiger charge is 2.45. The van der Waals surface area contributed by atoms with E-state index in [1.807, 2.05) is 12.1 Å². The van der Waals surface area contributed by atoms with E-state index >= 15 is 0 Å². The Labute approximate surface area is 192 Å². The Morgan fingerprint density at radius 2 is 2.03 bits per heavy atom. The van der Waals surface area contributed by atoms with Crippen LogP contribution in [0.2, 0.25) is 5.02 Å². The highest BCUT2D eigenvalue weighted by atomic mass is 35.5. The van der Waals surface area contributed by atoms with Gasteiger partial charge in [-0.1, -0.05) is 42.0 Å². The van der Waals surface area contributed by atoms with E-state index in [-0.39, 0.29) is 16.8 Å². The van der Waals surface area contributed by atoms with E-state index in [0.717, 1.165) is 17.8 Å². The monoisotopic (exact) mass is 467 g/mol. The highest BCUT2D eigenvalue weighted by Crippen LogP contribution is 2.42. The first-order chi connectivity index (χ1) is 15.5. The molecule has 162 valence electrons. The number of aryl methyl sites for hydroxylation is 1. The van der Waals surface area contributed by atoms with Crippen LogP contribution < -0.4 is 15.1 Å². The standard InChI is InChI=1S/C23H18ClN3O4S/c1-3-5-17-25-26-23(32-17)27-19(12-6-4-7-14(10-12)30-2)18-20(28)15-11-13(24)8-9-16(15)31-21(18)22(27)29/h4,6-11,19H,3,5H2,1-2H3/t19-/m0/s1. The minimum absolute atomic E-state index is 0.00452. The SMILES string of the molecule is CCCc1nnc(N2C(=O)c3oc4ccc(Cl)cc4c(=O)c3[C@@H]2c2cccc(OC)c2)s1. The fraction of sp³-hybridized carbons (Fsp3) is 0.217. The summed E-state index contributed by atoms with van der Waals surface area (Å²) in [6.07, 6.45) is 1.67. The molecule has 1 aliphatic heterocycles. The molecule has 9 heteroatoms. The normalized spacial score (nSPS) is 15.4. The van der Waals surface area contributed by atoms with Crippen LogP contribution in [0.3, 0.4) is 0 Å². The minimum atomic E-state index is -0.727. The second-order valence-corrected chi connectivity index (χ2v) is 8.87. The first kappa shape index (κ1) is 20.7. The van der Waals surface area contributed by atoms with E-state index in [1.54, 1.807) is 37.4 Å². The van der Waals surface area contributed by atoms with Crippen LogP contribution in [0.15, 0.2) is 51.7 Å². The molecule has 32 heavy (non-hydrogen) atoms. The third kappa shape index (κ3) is 3.27. The summed E-state index contributed by atoms with van der Waals surface area (Å²) in [7, 11) is 1.57. The lowest BCUT2D eigenvalue weighted by Gasteiger charge is -2.22. The van der Waals surface area contributed by atoms with Gasteiger partial charge in [-0.2, -0.15) is 0 Å². The number of nitrogens with zero attached hydrogens (tertiary/aromatic N) is 3. The molecule has 2 aromatic carbocycles. The average Bonchev–Trinajstić information content (AvgIpc) is 3.37. The Kier molecular flexibility index (Phi) is 5.19. The predicted molar refractivity (Wildman–Crippen MR) is 123 cm³/mol. The molecule has 7 nitrogen and oxygen atoms in total. The number of amides is 1. The summed E-state index contributed by atoms with van der Waals surface area (Å²) in [5.74, 6) is 0.186. The van der Waals surface area contributed by atoms with Crippen molar-refractivity contribution in [3.63, 3.8) is 0 Å². The Morgan fingerprint density at radius 1 is 1.19 bits per heavy atom. The number of halogens is 1. The molecule has 0 radical (unpaired) electrons. The number of carbonyl (C=O) groups excluding carboxylic acids is 1. The third-order valence-corrected chi connectivity index (χ3v) is 6.59. The number of carbonyl (C=O) groups is 1. The largest absolute Gasteiger partial charge is 0.497 e. The minimum Gasteiger partial charge on any atom is -0.497 e. The molecule has 1 aliphatic rings. The molecule has 1 amide bonds. The third-order valence-electron chi connectivity index (χ3n) is 5.37. The van der Waals surface area contributed by atoms with E-state index in [1.165, 1.54) is 16.2 Å². The number of hydrogen-bond donors (Lipinski definition) is 0. The number of benzene rings is 2. The van der Waals surface area contributed by atoms with Gasteiger partial charge in [-0.3, -0.25) is 14.5 Å². The quantitative estimate of drug-likeness (QED) is 0.410. The van der Waals surface area contributed by atoms with Crippen LogP contribution >= 0.6 is 22.9 Å². The van der Waals surface area contributed by atoms with Crippen LogP contribution in [0.5, 0.6) is 5.75 Å². The van der Waals surface area contributed by atoms with Crippen molar-refractivity contribution in [1.29, 1.82) is 0 Å². The van der Waals surface area contributed by atoms with Gasteiger partial charge >= 0.3 is 0 Å². The maximum Gasteiger partial charge on any atom is 0.297 e. The van der Waals surface area contributed by atoms with Gasteiger partial charge in [0.15, 0.2) is 5.43 Å². The lowest BCUT2D eigenvalue weighted by Crippen LogP contribution is -2.29. The van der Waals surface area contributed by atoms with E-state index in [2.05, 4.69) is 17.1 Å². The number of rotatable bonds is 5. The molecule has 1 atom stereocenters. The number of methoxy groups -OCH3 is 1. The van der Waals surface area contributed by atoms with Gasteiger partial charge in [0.25, 0.3) is 5.91 Å². The molecule has 0 saturated carbocycles. The number of anilines is 1. The van der Waals surface area contributed by atoms with Gasteiger partial charge in [0.1, 0.15) is 16.3 Å². The molecule has 3 heterocycles. The average molecular weight is 468 g/mol. The molecular weight excluding hydrogens is 450 g/mol. The second kappa shape index (κ2) is 8.03. The van der Waals surface area contributed by atoms with Crippen LogP contribution in [0.25, 0.3) is 11.0 Å². The molecule has 0 aliphatic carbocycles. The van der Waals surface area contributed by atoms with Crippen molar-refractivity contribution in [2.75, 3.05) is 12.0 Å². The summed E-state index contributed by atoms with van der Waals surface area (Å²) in [5.41, 5.74) is 0.968. The van der Waals surface area contributed by atoms with Gasteiger partial charge in [0, 0.05) is 11.4 Å². The number of hydrogen-bond acceptors (Lipinski definition) is 7. The fourth-order valence-electron chi connectivity index (χ4n) is 3.93. The van der Waals surface area contributed by atoms with Crippen LogP contribution in [0, 0.1) is 0 Å². The Bertz CT molecular complexity index is 1410. The summed E-state index contributed by atoms with van der Waals surface area (Å²) < 4.78 is 11.3. The molecule has 0 fully saturated rings. The van der Waals surface area contributed by atoms with E-state index in [0.29, 0.717) is 32.4 Å². The van der Waals surface area contributed by atoms with Crippen molar-refractivity contribution in [3.05, 3.63) is 79.6 Å². The summed E-state index contributed by atoms with van der Waals surface area (Å²) in [5, 5.41) is 10.5. The first-order valence-corrected chi connectivity index (χ1v) is 11.3. The lowest BCUT2D eigenvalue weighted by molar-refractivity contribution is 0.0970. The zero-order valence-electron chi connectivity index (χ0n) is 17.3. The molecule has 0 N–H and O–H groups in total.